The van der Waals surface area contributed by atoms with Crippen molar-refractivity contribution in [2.45, 2.75) is 20.0 Å². The van der Waals surface area contributed by atoms with E-state index in [2.05, 4.69) is 38.8 Å². The number of benzene rings is 1. The van der Waals surface area contributed by atoms with E-state index < -0.39 is 0 Å². The number of guanidine groups is 1. The second-order valence-electron chi connectivity index (χ2n) is 5.45. The van der Waals surface area contributed by atoms with Crippen LogP contribution in [-0.2, 0) is 20.1 Å². The van der Waals surface area contributed by atoms with Gasteiger partial charge >= 0.3 is 0 Å². The van der Waals surface area contributed by atoms with E-state index in [-0.39, 0.29) is 24.0 Å². The maximum absolute atomic E-state index is 8.97. The zero-order valence-corrected chi connectivity index (χ0v) is 16.7. The Hall–Kier alpha value is -2.01. The van der Waals surface area contributed by atoms with Gasteiger partial charge in [-0.15, -0.1) is 24.0 Å². The third-order valence-corrected chi connectivity index (χ3v) is 3.61. The highest BCUT2D eigenvalue weighted by molar-refractivity contribution is 14.0. The van der Waals surface area contributed by atoms with Crippen LogP contribution in [0.3, 0.4) is 0 Å². The van der Waals surface area contributed by atoms with Crippen molar-refractivity contribution in [1.29, 1.82) is 5.26 Å². The van der Waals surface area contributed by atoms with Crippen LogP contribution < -0.4 is 5.32 Å². The minimum atomic E-state index is 0. The minimum absolute atomic E-state index is 0. The molecule has 2 aromatic rings. The normalized spacial score (nSPS) is 10.7. The third-order valence-electron chi connectivity index (χ3n) is 3.61. The lowest BCUT2D eigenvalue weighted by atomic mass is 10.1. The summed E-state index contributed by atoms with van der Waals surface area (Å²) in [7, 11) is 4.07. The van der Waals surface area contributed by atoms with E-state index in [9.17, 15) is 0 Å². The van der Waals surface area contributed by atoms with Gasteiger partial charge in [0.05, 0.1) is 24.7 Å². The van der Waals surface area contributed by atoms with Crippen LogP contribution in [-0.4, -0.2) is 29.0 Å². The molecule has 2 rings (SSSR count). The molecule has 0 fully saturated rings. The smallest absolute Gasteiger partial charge is 0.194 e. The molecule has 6 heteroatoms. The fourth-order valence-electron chi connectivity index (χ4n) is 2.35. The summed E-state index contributed by atoms with van der Waals surface area (Å²) >= 11 is 0. The summed E-state index contributed by atoms with van der Waals surface area (Å²) < 4.78 is 2.11. The number of nitriles is 1. The number of hydrogen-bond acceptors (Lipinski definition) is 2. The summed E-state index contributed by atoms with van der Waals surface area (Å²) in [6.07, 6.45) is 2.04. The Bertz CT molecular complexity index is 714. The van der Waals surface area contributed by atoms with Crippen molar-refractivity contribution in [3.8, 4) is 6.07 Å². The van der Waals surface area contributed by atoms with Crippen molar-refractivity contribution >= 4 is 29.9 Å². The van der Waals surface area contributed by atoms with Crippen LogP contribution in [0.25, 0.3) is 0 Å². The quantitative estimate of drug-likeness (QED) is 0.445. The van der Waals surface area contributed by atoms with Crippen LogP contribution in [0.1, 0.15) is 23.7 Å². The van der Waals surface area contributed by atoms with Crippen molar-refractivity contribution in [3.05, 3.63) is 59.4 Å². The number of nitrogens with one attached hydrogen (secondary N) is 1. The maximum Gasteiger partial charge on any atom is 0.194 e. The monoisotopic (exact) mass is 437 g/mol. The number of aryl methyl sites for hydroxylation is 1. The van der Waals surface area contributed by atoms with Gasteiger partial charge in [-0.05, 0) is 36.8 Å². The van der Waals surface area contributed by atoms with E-state index in [4.69, 9.17) is 5.26 Å². The van der Waals surface area contributed by atoms with E-state index in [1.807, 2.05) is 44.6 Å². The van der Waals surface area contributed by atoms with Crippen molar-refractivity contribution in [3.63, 3.8) is 0 Å². The highest BCUT2D eigenvalue weighted by Gasteiger charge is 2.08. The first-order valence-electron chi connectivity index (χ1n) is 7.72. The number of nitrogens with zero attached hydrogens (tertiary/aromatic N) is 4. The lowest BCUT2D eigenvalue weighted by Gasteiger charge is -2.22. The Balaban J connectivity index is 0.00000288. The lowest BCUT2D eigenvalue weighted by Crippen LogP contribution is -2.38. The first kappa shape index (κ1) is 20.0. The summed E-state index contributed by atoms with van der Waals surface area (Å²) in [5, 5.41) is 12.3. The number of aromatic nitrogens is 1. The predicted molar refractivity (Wildman–Crippen MR) is 108 cm³/mol. The van der Waals surface area contributed by atoms with E-state index >= 15 is 0 Å². The van der Waals surface area contributed by atoms with Crippen LogP contribution >= 0.6 is 24.0 Å². The molecule has 1 heterocycles. The molecular weight excluding hydrogens is 413 g/mol. The van der Waals surface area contributed by atoms with Crippen LogP contribution in [0, 0.1) is 11.3 Å². The maximum atomic E-state index is 8.97. The van der Waals surface area contributed by atoms with Gasteiger partial charge in [-0.2, -0.15) is 5.26 Å². The summed E-state index contributed by atoms with van der Waals surface area (Å²) in [5.74, 6) is 0.857. The number of rotatable bonds is 5. The molecule has 0 bridgehead atoms. The Labute approximate surface area is 161 Å². The SMILES string of the molecule is CCNC(=NCc1cccc(C#N)c1)N(C)Cc1cccn1C.I. The molecule has 1 N–H and O–H groups in total. The standard InChI is InChI=1S/C18H23N5.HI/c1-4-20-18(23(3)14-17-9-6-10-22(17)2)21-13-16-8-5-7-15(11-16)12-19;/h5-11H,4,13-14H2,1-3H3,(H,20,21);1H. The molecule has 128 valence electrons. The highest BCUT2D eigenvalue weighted by atomic mass is 127. The number of halogens is 1. The van der Waals surface area contributed by atoms with Gasteiger partial charge in [-0.25, -0.2) is 4.99 Å². The highest BCUT2D eigenvalue weighted by Crippen LogP contribution is 2.07. The second-order valence-corrected chi connectivity index (χ2v) is 5.45. The minimum Gasteiger partial charge on any atom is -0.357 e. The fourth-order valence-corrected chi connectivity index (χ4v) is 2.35. The van der Waals surface area contributed by atoms with Gasteiger partial charge in [-0.1, -0.05) is 12.1 Å². The first-order chi connectivity index (χ1) is 11.1. The predicted octanol–water partition coefficient (Wildman–Crippen LogP) is 3.11. The van der Waals surface area contributed by atoms with Crippen molar-refractivity contribution in [2.24, 2.45) is 12.0 Å². The van der Waals surface area contributed by atoms with Crippen LogP contribution in [0.2, 0.25) is 0 Å². The molecule has 0 aliphatic rings. The molecule has 0 aliphatic heterocycles. The second kappa shape index (κ2) is 9.98. The molecule has 0 atom stereocenters. The molecule has 0 saturated heterocycles. The van der Waals surface area contributed by atoms with Crippen LogP contribution in [0.15, 0.2) is 47.6 Å². The molecule has 1 aromatic carbocycles. The van der Waals surface area contributed by atoms with Gasteiger partial charge in [0.25, 0.3) is 0 Å². The zero-order valence-electron chi connectivity index (χ0n) is 14.4. The Morgan fingerprint density at radius 3 is 2.75 bits per heavy atom. The summed E-state index contributed by atoms with van der Waals surface area (Å²) in [5.41, 5.74) is 2.93. The van der Waals surface area contributed by atoms with Gasteiger partial charge in [0.15, 0.2) is 5.96 Å². The fraction of sp³-hybridized carbons (Fsp3) is 0.333. The number of aliphatic imine (C=N–C) groups is 1. The topological polar surface area (TPSA) is 56.4 Å². The van der Waals surface area contributed by atoms with Crippen LogP contribution in [0.4, 0.5) is 0 Å². The molecule has 1 aromatic heterocycles. The summed E-state index contributed by atoms with van der Waals surface area (Å²) in [6.45, 7) is 4.21. The van der Waals surface area contributed by atoms with Gasteiger partial charge in [0.2, 0.25) is 0 Å². The van der Waals surface area contributed by atoms with Gasteiger partial charge in [0, 0.05) is 32.5 Å². The van der Waals surface area contributed by atoms with Crippen molar-refractivity contribution in [1.82, 2.24) is 14.8 Å². The molecule has 0 unspecified atom stereocenters. The first-order valence-corrected chi connectivity index (χ1v) is 7.72. The van der Waals surface area contributed by atoms with Gasteiger partial charge < -0.3 is 14.8 Å². The van der Waals surface area contributed by atoms with E-state index in [1.54, 1.807) is 6.07 Å². The summed E-state index contributed by atoms with van der Waals surface area (Å²) in [6, 6.07) is 13.9. The molecular formula is C18H24IN5. The average Bonchev–Trinajstić information content (AvgIpc) is 2.96. The molecule has 5 nitrogen and oxygen atoms in total. The van der Waals surface area contributed by atoms with E-state index in [0.717, 1.165) is 24.6 Å². The largest absolute Gasteiger partial charge is 0.357 e. The van der Waals surface area contributed by atoms with Gasteiger partial charge in [-0.3, -0.25) is 0 Å². The van der Waals surface area contributed by atoms with Gasteiger partial charge in [0.1, 0.15) is 0 Å². The molecule has 0 spiro atoms. The van der Waals surface area contributed by atoms with E-state index in [0.29, 0.717) is 12.1 Å². The molecule has 24 heavy (non-hydrogen) atoms. The molecule has 0 amide bonds. The van der Waals surface area contributed by atoms with Crippen LogP contribution in [0.5, 0.6) is 0 Å². The molecule has 0 radical (unpaired) electrons. The number of hydrogen-bond donors (Lipinski definition) is 1. The third kappa shape index (κ3) is 5.57. The average molecular weight is 437 g/mol. The van der Waals surface area contributed by atoms with E-state index in [1.165, 1.54) is 5.69 Å². The van der Waals surface area contributed by atoms with Crippen molar-refractivity contribution < 1.29 is 0 Å². The molecule has 0 aliphatic carbocycles. The Morgan fingerprint density at radius 2 is 2.12 bits per heavy atom. The lowest BCUT2D eigenvalue weighted by molar-refractivity contribution is 0.462. The molecule has 0 saturated carbocycles. The summed E-state index contributed by atoms with van der Waals surface area (Å²) in [4.78, 5) is 6.79. The van der Waals surface area contributed by atoms with Crippen molar-refractivity contribution in [2.75, 3.05) is 13.6 Å². The Kier molecular flexibility index (Phi) is 8.33. The Morgan fingerprint density at radius 1 is 1.33 bits per heavy atom. The zero-order chi connectivity index (χ0) is 16.7.